The second-order valence-electron chi connectivity index (χ2n) is 6.31. The summed E-state index contributed by atoms with van der Waals surface area (Å²) in [6.45, 7) is 6.71. The van der Waals surface area contributed by atoms with Crippen LogP contribution in [-0.4, -0.2) is 22.9 Å². The first kappa shape index (κ1) is 14.1. The van der Waals surface area contributed by atoms with Crippen LogP contribution in [0.4, 0.5) is 0 Å². The van der Waals surface area contributed by atoms with Crippen LogP contribution in [0, 0.1) is 11.8 Å². The van der Waals surface area contributed by atoms with Crippen molar-refractivity contribution in [1.29, 1.82) is 0 Å². The van der Waals surface area contributed by atoms with Crippen LogP contribution in [0.2, 0.25) is 0 Å². The summed E-state index contributed by atoms with van der Waals surface area (Å²) in [7, 11) is 0. The molecule has 110 valence electrons. The van der Waals surface area contributed by atoms with Gasteiger partial charge in [0.15, 0.2) is 0 Å². The fourth-order valence-corrected chi connectivity index (χ4v) is 4.39. The van der Waals surface area contributed by atoms with E-state index >= 15 is 0 Å². The molecule has 3 nitrogen and oxygen atoms in total. The minimum Gasteiger partial charge on any atom is -0.318 e. The van der Waals surface area contributed by atoms with Gasteiger partial charge in [-0.05, 0) is 53.5 Å². The van der Waals surface area contributed by atoms with E-state index in [1.165, 1.54) is 12.0 Å². The molecule has 0 spiro atoms. The summed E-state index contributed by atoms with van der Waals surface area (Å²) >= 11 is 1.70. The largest absolute Gasteiger partial charge is 0.318 e. The van der Waals surface area contributed by atoms with Gasteiger partial charge in [-0.25, -0.2) is 0 Å². The van der Waals surface area contributed by atoms with Gasteiger partial charge in [0.2, 0.25) is 5.91 Å². The summed E-state index contributed by atoms with van der Waals surface area (Å²) in [6, 6.07) is 2.53. The topological polar surface area (TPSA) is 32.3 Å². The maximum Gasteiger partial charge on any atom is 0.241 e. The Bertz CT molecular complexity index is 473. The van der Waals surface area contributed by atoms with Crippen LogP contribution >= 0.6 is 11.3 Å². The normalized spacial score (nSPS) is 37.9. The van der Waals surface area contributed by atoms with Crippen molar-refractivity contribution < 1.29 is 4.79 Å². The maximum atomic E-state index is 12.7. The number of carbonyl (C=O) groups excluding carboxylic acids is 1. The minimum atomic E-state index is -0.0111. The van der Waals surface area contributed by atoms with Gasteiger partial charge >= 0.3 is 0 Å². The Hall–Kier alpha value is -0.870. The third-order valence-electron chi connectivity index (χ3n) is 5.24. The van der Waals surface area contributed by atoms with Crippen LogP contribution < -0.4 is 5.32 Å². The van der Waals surface area contributed by atoms with Crippen molar-refractivity contribution in [3.63, 3.8) is 0 Å². The van der Waals surface area contributed by atoms with Gasteiger partial charge < -0.3 is 4.90 Å². The standard InChI is InChI=1S/C16H24N2OS/c1-4-13-16(19)18(14-6-5-10(2)11(14)3)15(17-13)12-7-8-20-9-12/h7-11,13-15,17H,4-6H2,1-3H3. The predicted octanol–water partition coefficient (Wildman–Crippen LogP) is 3.39. The molecule has 4 heteroatoms. The number of nitrogens with zero attached hydrogens (tertiary/aromatic N) is 1. The van der Waals surface area contributed by atoms with Gasteiger partial charge in [-0.1, -0.05) is 20.8 Å². The number of thiophene rings is 1. The van der Waals surface area contributed by atoms with Gasteiger partial charge in [-0.15, -0.1) is 0 Å². The van der Waals surface area contributed by atoms with E-state index in [-0.39, 0.29) is 12.2 Å². The molecule has 0 radical (unpaired) electrons. The van der Waals surface area contributed by atoms with Crippen molar-refractivity contribution >= 4 is 17.2 Å². The molecule has 0 aromatic carbocycles. The van der Waals surface area contributed by atoms with Crippen LogP contribution in [0.25, 0.3) is 0 Å². The number of carbonyl (C=O) groups is 1. The molecule has 20 heavy (non-hydrogen) atoms. The molecule has 2 fully saturated rings. The summed E-state index contributed by atoms with van der Waals surface area (Å²) in [6.07, 6.45) is 3.33. The van der Waals surface area contributed by atoms with E-state index in [1.807, 2.05) is 0 Å². The van der Waals surface area contributed by atoms with Gasteiger partial charge in [0.05, 0.1) is 6.04 Å². The molecular weight excluding hydrogens is 268 g/mol. The average molecular weight is 292 g/mol. The Morgan fingerprint density at radius 2 is 2.20 bits per heavy atom. The van der Waals surface area contributed by atoms with Crippen molar-refractivity contribution in [2.24, 2.45) is 11.8 Å². The Balaban J connectivity index is 1.90. The molecule has 1 aliphatic heterocycles. The minimum absolute atomic E-state index is 0.0111. The highest BCUT2D eigenvalue weighted by atomic mass is 32.1. The first-order chi connectivity index (χ1) is 9.63. The lowest BCUT2D eigenvalue weighted by atomic mass is 9.96. The van der Waals surface area contributed by atoms with Crippen LogP contribution in [0.5, 0.6) is 0 Å². The van der Waals surface area contributed by atoms with Crippen molar-refractivity contribution in [2.75, 3.05) is 0 Å². The van der Waals surface area contributed by atoms with E-state index in [1.54, 1.807) is 11.3 Å². The third kappa shape index (κ3) is 2.19. The third-order valence-corrected chi connectivity index (χ3v) is 5.94. The summed E-state index contributed by atoms with van der Waals surface area (Å²) in [5.41, 5.74) is 1.24. The number of rotatable bonds is 3. The van der Waals surface area contributed by atoms with E-state index < -0.39 is 0 Å². The summed E-state index contributed by atoms with van der Waals surface area (Å²) in [4.78, 5) is 14.9. The molecule has 1 N–H and O–H groups in total. The molecule has 2 heterocycles. The highest BCUT2D eigenvalue weighted by molar-refractivity contribution is 7.07. The number of amides is 1. The molecule has 1 saturated heterocycles. The zero-order valence-corrected chi connectivity index (χ0v) is 13.3. The van der Waals surface area contributed by atoms with Crippen LogP contribution in [0.1, 0.15) is 51.8 Å². The van der Waals surface area contributed by atoms with Gasteiger partial charge in [0.25, 0.3) is 0 Å². The quantitative estimate of drug-likeness (QED) is 0.926. The van der Waals surface area contributed by atoms with E-state index in [2.05, 4.69) is 47.8 Å². The van der Waals surface area contributed by atoms with Gasteiger partial charge in [-0.3, -0.25) is 10.1 Å². The molecule has 5 unspecified atom stereocenters. The zero-order chi connectivity index (χ0) is 14.3. The fourth-order valence-electron chi connectivity index (χ4n) is 3.72. The molecule has 5 atom stereocenters. The molecule has 1 aromatic heterocycles. The predicted molar refractivity (Wildman–Crippen MR) is 82.5 cm³/mol. The first-order valence-electron chi connectivity index (χ1n) is 7.73. The molecule has 2 aliphatic rings. The lowest BCUT2D eigenvalue weighted by Gasteiger charge is -2.33. The number of nitrogens with one attached hydrogen (secondary N) is 1. The van der Waals surface area contributed by atoms with Crippen molar-refractivity contribution in [3.05, 3.63) is 22.4 Å². The zero-order valence-electron chi connectivity index (χ0n) is 12.5. The number of hydrogen-bond donors (Lipinski definition) is 1. The van der Waals surface area contributed by atoms with E-state index in [4.69, 9.17) is 0 Å². The van der Waals surface area contributed by atoms with Gasteiger partial charge in [-0.2, -0.15) is 11.3 Å². The molecular formula is C16H24N2OS. The van der Waals surface area contributed by atoms with Crippen molar-refractivity contribution in [2.45, 2.75) is 58.3 Å². The van der Waals surface area contributed by atoms with Gasteiger partial charge in [0, 0.05) is 6.04 Å². The molecule has 1 saturated carbocycles. The second-order valence-corrected chi connectivity index (χ2v) is 7.09. The maximum absolute atomic E-state index is 12.7. The summed E-state index contributed by atoms with van der Waals surface area (Å²) < 4.78 is 0. The summed E-state index contributed by atoms with van der Waals surface area (Å²) in [5.74, 6) is 1.61. The molecule has 1 aromatic rings. The molecule has 3 rings (SSSR count). The Morgan fingerprint density at radius 1 is 1.40 bits per heavy atom. The van der Waals surface area contributed by atoms with Crippen molar-refractivity contribution in [3.8, 4) is 0 Å². The highest BCUT2D eigenvalue weighted by Crippen LogP contribution is 2.40. The molecule has 1 amide bonds. The first-order valence-corrected chi connectivity index (χ1v) is 8.68. The average Bonchev–Trinajstić information content (AvgIpc) is 3.13. The molecule has 0 bridgehead atoms. The van der Waals surface area contributed by atoms with E-state index in [9.17, 15) is 4.79 Å². The number of hydrogen-bond acceptors (Lipinski definition) is 3. The smallest absolute Gasteiger partial charge is 0.241 e. The lowest BCUT2D eigenvalue weighted by Crippen LogP contribution is -2.42. The lowest BCUT2D eigenvalue weighted by molar-refractivity contribution is -0.133. The summed E-state index contributed by atoms with van der Waals surface area (Å²) in [5, 5.41) is 7.80. The van der Waals surface area contributed by atoms with E-state index in [0.717, 1.165) is 18.8 Å². The van der Waals surface area contributed by atoms with Crippen LogP contribution in [0.3, 0.4) is 0 Å². The molecule has 1 aliphatic carbocycles. The van der Waals surface area contributed by atoms with Crippen LogP contribution in [-0.2, 0) is 4.79 Å². The van der Waals surface area contributed by atoms with Crippen molar-refractivity contribution in [1.82, 2.24) is 10.2 Å². The monoisotopic (exact) mass is 292 g/mol. The second kappa shape index (κ2) is 5.49. The Kier molecular flexibility index (Phi) is 3.87. The van der Waals surface area contributed by atoms with E-state index in [0.29, 0.717) is 17.9 Å². The Labute approximate surface area is 125 Å². The van der Waals surface area contributed by atoms with Gasteiger partial charge in [0.1, 0.15) is 6.17 Å². The Morgan fingerprint density at radius 3 is 2.75 bits per heavy atom. The fraction of sp³-hybridized carbons (Fsp3) is 0.688. The highest BCUT2D eigenvalue weighted by Gasteiger charge is 2.46. The SMILES string of the molecule is CCC1NC(c2ccsc2)N(C2CCC(C)C2C)C1=O. The van der Waals surface area contributed by atoms with Crippen LogP contribution in [0.15, 0.2) is 16.8 Å².